The van der Waals surface area contributed by atoms with Crippen molar-refractivity contribution in [1.82, 2.24) is 0 Å². The molecule has 3 heterocycles. The molecule has 0 saturated carbocycles. The van der Waals surface area contributed by atoms with Crippen LogP contribution in [0.4, 0.5) is 0 Å². The van der Waals surface area contributed by atoms with E-state index in [4.69, 9.17) is 28.4 Å². The smallest absolute Gasteiger partial charge is 0.230 e. The van der Waals surface area contributed by atoms with Crippen molar-refractivity contribution in [2.24, 2.45) is 0 Å². The van der Waals surface area contributed by atoms with Gasteiger partial charge in [0.15, 0.2) is 0 Å². The molecule has 4 atom stereocenters. The third-order valence-electron chi connectivity index (χ3n) is 11.1. The monoisotopic (exact) mass is 636 g/mol. The van der Waals surface area contributed by atoms with Gasteiger partial charge in [-0.3, -0.25) is 0 Å². The number of benzene rings is 4. The highest BCUT2D eigenvalue weighted by Gasteiger charge is 2.36. The molecule has 1 aliphatic carbocycles. The zero-order valence-electron chi connectivity index (χ0n) is 28.1. The summed E-state index contributed by atoms with van der Waals surface area (Å²) in [5.74, 6) is 3.67. The molecule has 0 amide bonds. The summed E-state index contributed by atoms with van der Waals surface area (Å²) in [7, 11) is 0. The second-order valence-electron chi connectivity index (χ2n) is 13.5. The van der Waals surface area contributed by atoms with E-state index >= 15 is 0 Å². The Kier molecular flexibility index (Phi) is 6.56. The van der Waals surface area contributed by atoms with Crippen molar-refractivity contribution in [2.75, 3.05) is 20.4 Å². The van der Waals surface area contributed by atoms with Crippen LogP contribution >= 0.6 is 0 Å². The molecule has 47 heavy (non-hydrogen) atoms. The first-order valence-electron chi connectivity index (χ1n) is 16.3. The summed E-state index contributed by atoms with van der Waals surface area (Å²) in [6, 6.07) is 8.50. The summed E-state index contributed by atoms with van der Waals surface area (Å²) < 4.78 is 37.9. The number of hydrogen-bond donors (Lipinski definition) is 2. The number of rotatable bonds is 0. The number of hydrogen-bond acceptors (Lipinski definition) is 8. The molecule has 0 unspecified atom stereocenters. The minimum absolute atomic E-state index is 0.0234. The molecule has 4 aromatic rings. The van der Waals surface area contributed by atoms with Crippen LogP contribution in [0, 0.1) is 27.7 Å². The molecule has 0 spiro atoms. The lowest BCUT2D eigenvalue weighted by molar-refractivity contribution is 0.101. The Morgan fingerprint density at radius 1 is 0.383 bits per heavy atom. The van der Waals surface area contributed by atoms with Gasteiger partial charge in [-0.05, 0) is 52.0 Å². The van der Waals surface area contributed by atoms with Crippen LogP contribution in [0.25, 0.3) is 0 Å². The van der Waals surface area contributed by atoms with Gasteiger partial charge < -0.3 is 38.6 Å². The molecule has 8 bridgehead atoms. The normalized spacial score (nSPS) is 21.7. The summed E-state index contributed by atoms with van der Waals surface area (Å²) in [5, 5.41) is 23.4. The fourth-order valence-electron chi connectivity index (χ4n) is 8.21. The Balaban J connectivity index is 1.52. The lowest BCUT2D eigenvalue weighted by Gasteiger charge is -2.34. The molecular weight excluding hydrogens is 596 g/mol. The van der Waals surface area contributed by atoms with Gasteiger partial charge in [-0.25, -0.2) is 0 Å². The third-order valence-corrected chi connectivity index (χ3v) is 11.1. The third kappa shape index (κ3) is 4.06. The Bertz CT molecular complexity index is 1870. The minimum atomic E-state index is -0.357. The van der Waals surface area contributed by atoms with Crippen LogP contribution in [-0.4, -0.2) is 30.6 Å². The van der Waals surface area contributed by atoms with E-state index < -0.39 is 0 Å². The van der Waals surface area contributed by atoms with Crippen molar-refractivity contribution >= 4 is 0 Å². The average Bonchev–Trinajstić information content (AvgIpc) is 3.03. The van der Waals surface area contributed by atoms with Crippen LogP contribution in [0.5, 0.6) is 46.0 Å². The molecule has 4 aromatic carbocycles. The van der Waals surface area contributed by atoms with Crippen LogP contribution < -0.4 is 28.4 Å². The van der Waals surface area contributed by atoms with Crippen LogP contribution in [0.2, 0.25) is 0 Å². The second kappa shape index (κ2) is 10.4. The summed E-state index contributed by atoms with van der Waals surface area (Å²) >= 11 is 0. The largest absolute Gasteiger partial charge is 0.507 e. The van der Waals surface area contributed by atoms with Crippen LogP contribution in [0.3, 0.4) is 0 Å². The fourth-order valence-corrected chi connectivity index (χ4v) is 8.21. The van der Waals surface area contributed by atoms with E-state index in [0.717, 1.165) is 67.5 Å². The standard InChI is InChI=1S/C39H40O8/c1-16-24-9-26-17(2)28-11-30-19(4)31-12-29-18(3)27-10-25(16)33(41)21(6)35(27)43-14-45-37(29)23(8)39(31)47-15-46-38(30)22(7)36(28)44-13-42-34(26)20(5)32(24)40/h9-12,16-19,40-41H,13-15H2,1-8H3/t16-,17+,18-,19+. The number of fused-ring (bicyclic) bond motifs is 2. The van der Waals surface area contributed by atoms with Crippen LogP contribution in [-0.2, 0) is 0 Å². The van der Waals surface area contributed by atoms with Crippen LogP contribution in [0.1, 0.15) is 118 Å². The molecule has 244 valence electrons. The van der Waals surface area contributed by atoms with Gasteiger partial charge >= 0.3 is 0 Å². The van der Waals surface area contributed by atoms with Crippen molar-refractivity contribution in [1.29, 1.82) is 0 Å². The maximum atomic E-state index is 11.7. The SMILES string of the molecule is Cc1c(O)c2cc3c1OCOc1c(cc4c(c1C)OCOc1c(cc5c(c1C)OCOc1c(cc(c(O)c1C)[C@H]2C)[C@@H]5C)[C@@H]4C)[C@@H]3C. The van der Waals surface area contributed by atoms with Gasteiger partial charge in [0.2, 0.25) is 20.4 Å². The van der Waals surface area contributed by atoms with Crippen molar-refractivity contribution in [3.05, 3.63) is 91.0 Å². The van der Waals surface area contributed by atoms with Crippen molar-refractivity contribution in [3.63, 3.8) is 0 Å². The van der Waals surface area contributed by atoms with E-state index in [0.29, 0.717) is 33.8 Å². The summed E-state index contributed by atoms with van der Waals surface area (Å²) in [4.78, 5) is 0. The van der Waals surface area contributed by atoms with E-state index in [9.17, 15) is 10.2 Å². The molecule has 0 radical (unpaired) electrons. The number of phenols is 2. The predicted molar refractivity (Wildman–Crippen MR) is 176 cm³/mol. The number of ether oxygens (including phenoxy) is 6. The Morgan fingerprint density at radius 2 is 0.596 bits per heavy atom. The molecule has 8 rings (SSSR count). The lowest BCUT2D eigenvalue weighted by Crippen LogP contribution is -2.21. The van der Waals surface area contributed by atoms with Gasteiger partial charge in [-0.1, -0.05) is 27.7 Å². The molecule has 2 N–H and O–H groups in total. The van der Waals surface area contributed by atoms with Gasteiger partial charge in [0.25, 0.3) is 0 Å². The maximum absolute atomic E-state index is 11.7. The highest BCUT2D eigenvalue weighted by atomic mass is 16.7. The van der Waals surface area contributed by atoms with Gasteiger partial charge in [0.1, 0.15) is 46.0 Å². The molecular formula is C39H40O8. The van der Waals surface area contributed by atoms with Crippen molar-refractivity contribution in [3.8, 4) is 46.0 Å². The molecule has 0 fully saturated rings. The van der Waals surface area contributed by atoms with E-state index in [1.807, 2.05) is 46.8 Å². The summed E-state index contributed by atoms with van der Waals surface area (Å²) in [6.45, 7) is 16.3. The van der Waals surface area contributed by atoms with Crippen molar-refractivity contribution < 1.29 is 38.6 Å². The highest BCUT2D eigenvalue weighted by Crippen LogP contribution is 2.54. The fraction of sp³-hybridized carbons (Fsp3) is 0.385. The van der Waals surface area contributed by atoms with E-state index in [1.165, 1.54) is 0 Å². The van der Waals surface area contributed by atoms with Gasteiger partial charge in [0, 0.05) is 90.4 Å². The number of phenolic OH excluding ortho intramolecular Hbond substituents is 2. The highest BCUT2D eigenvalue weighted by molar-refractivity contribution is 5.68. The average molecular weight is 637 g/mol. The first-order chi connectivity index (χ1) is 22.5. The lowest BCUT2D eigenvalue weighted by atomic mass is 9.78. The first-order valence-corrected chi connectivity index (χ1v) is 16.3. The van der Waals surface area contributed by atoms with E-state index in [2.05, 4.69) is 32.9 Å². The van der Waals surface area contributed by atoms with Crippen molar-refractivity contribution in [2.45, 2.75) is 79.1 Å². The molecule has 8 nitrogen and oxygen atoms in total. The van der Waals surface area contributed by atoms with Gasteiger partial charge in [0.05, 0.1) is 0 Å². The van der Waals surface area contributed by atoms with Crippen LogP contribution in [0.15, 0.2) is 24.3 Å². The van der Waals surface area contributed by atoms with E-state index in [-0.39, 0.29) is 55.5 Å². The zero-order chi connectivity index (χ0) is 33.0. The Labute approximate surface area is 274 Å². The van der Waals surface area contributed by atoms with Gasteiger partial charge in [-0.2, -0.15) is 0 Å². The molecule has 4 aliphatic rings. The maximum Gasteiger partial charge on any atom is 0.230 e. The first kappa shape index (κ1) is 29.7. The topological polar surface area (TPSA) is 95.8 Å². The number of aromatic hydroxyl groups is 2. The predicted octanol–water partition coefficient (Wildman–Crippen LogP) is 8.44. The summed E-state index contributed by atoms with van der Waals surface area (Å²) in [5.41, 5.74) is 10.5. The molecule has 0 aromatic heterocycles. The molecule has 3 aliphatic heterocycles. The van der Waals surface area contributed by atoms with Gasteiger partial charge in [-0.15, -0.1) is 0 Å². The molecule has 8 heteroatoms. The zero-order valence-corrected chi connectivity index (χ0v) is 28.1. The summed E-state index contributed by atoms with van der Waals surface area (Å²) in [6.07, 6.45) is 0. The molecule has 0 saturated heterocycles. The minimum Gasteiger partial charge on any atom is -0.507 e. The quantitative estimate of drug-likeness (QED) is 0.199. The van der Waals surface area contributed by atoms with E-state index in [1.54, 1.807) is 0 Å². The Morgan fingerprint density at radius 3 is 0.872 bits per heavy atom. The Hall–Kier alpha value is -4.72. The second-order valence-corrected chi connectivity index (χ2v) is 13.5.